The van der Waals surface area contributed by atoms with Gasteiger partial charge in [0.05, 0.1) is 18.1 Å². The molecule has 0 radical (unpaired) electrons. The van der Waals surface area contributed by atoms with Crippen LogP contribution in [0.2, 0.25) is 0 Å². The number of rotatable bonds is 2. The van der Waals surface area contributed by atoms with Gasteiger partial charge >= 0.3 is 0 Å². The molecule has 2 amide bonds. The average Bonchev–Trinajstić information content (AvgIpc) is 3.09. The van der Waals surface area contributed by atoms with Gasteiger partial charge in [0.1, 0.15) is 0 Å². The quantitative estimate of drug-likeness (QED) is 0.780. The number of piperidine rings is 1. The van der Waals surface area contributed by atoms with Gasteiger partial charge in [-0.1, -0.05) is 12.8 Å². The monoisotopic (exact) mass is 390 g/mol. The minimum absolute atomic E-state index is 0.0655. The molecule has 1 aromatic heterocycles. The van der Waals surface area contributed by atoms with E-state index in [4.69, 9.17) is 4.74 Å². The molecule has 0 aromatic carbocycles. The Morgan fingerprint density at radius 2 is 1.63 bits per heavy atom. The molecule has 0 saturated carbocycles. The smallest absolute Gasteiger partial charge is 0.263 e. The maximum Gasteiger partial charge on any atom is 0.263 e. The van der Waals surface area contributed by atoms with Crippen molar-refractivity contribution in [1.82, 2.24) is 9.80 Å². The number of amides is 2. The fourth-order valence-corrected chi connectivity index (χ4v) is 5.70. The molecule has 2 fully saturated rings. The molecule has 1 aliphatic carbocycles. The van der Waals surface area contributed by atoms with E-state index < -0.39 is 0 Å². The van der Waals surface area contributed by atoms with Crippen LogP contribution in [-0.2, 0) is 22.4 Å². The molecule has 0 bridgehead atoms. The molecular weight excluding hydrogens is 360 g/mol. The number of carbonyl (C=O) groups excluding carboxylic acids is 2. The summed E-state index contributed by atoms with van der Waals surface area (Å²) in [5, 5.41) is 0. The first-order valence-corrected chi connectivity index (χ1v) is 11.3. The molecule has 27 heavy (non-hydrogen) atoms. The summed E-state index contributed by atoms with van der Waals surface area (Å²) in [5.74, 6) is 0.490. The van der Waals surface area contributed by atoms with Gasteiger partial charge in [-0.25, -0.2) is 0 Å². The van der Waals surface area contributed by atoms with Crippen molar-refractivity contribution in [3.63, 3.8) is 0 Å². The third-order valence-corrected chi connectivity index (χ3v) is 7.39. The molecule has 6 heteroatoms. The highest BCUT2D eigenvalue weighted by molar-refractivity contribution is 7.14. The van der Waals surface area contributed by atoms with Crippen LogP contribution < -0.4 is 0 Å². The molecule has 2 saturated heterocycles. The van der Waals surface area contributed by atoms with Crippen LogP contribution in [0.1, 0.15) is 58.6 Å². The lowest BCUT2D eigenvalue weighted by molar-refractivity contribution is -0.141. The molecule has 2 aliphatic heterocycles. The summed E-state index contributed by atoms with van der Waals surface area (Å²) in [6, 6.07) is 2.15. The van der Waals surface area contributed by atoms with Gasteiger partial charge in [0.25, 0.3) is 5.91 Å². The number of fused-ring (bicyclic) bond motifs is 1. The Morgan fingerprint density at radius 3 is 2.37 bits per heavy atom. The van der Waals surface area contributed by atoms with Gasteiger partial charge in [-0.05, 0) is 50.2 Å². The zero-order valence-corrected chi connectivity index (χ0v) is 16.9. The Kier molecular flexibility index (Phi) is 6.13. The van der Waals surface area contributed by atoms with E-state index in [0.29, 0.717) is 39.4 Å². The van der Waals surface area contributed by atoms with Gasteiger partial charge in [0.15, 0.2) is 0 Å². The number of likely N-dealkylation sites (tertiary alicyclic amines) is 1. The van der Waals surface area contributed by atoms with Crippen molar-refractivity contribution in [3.8, 4) is 0 Å². The van der Waals surface area contributed by atoms with Crippen LogP contribution in [0.5, 0.6) is 0 Å². The Morgan fingerprint density at radius 1 is 0.926 bits per heavy atom. The molecule has 3 aliphatic rings. The van der Waals surface area contributed by atoms with E-state index in [1.165, 1.54) is 36.1 Å². The highest BCUT2D eigenvalue weighted by Gasteiger charge is 2.31. The van der Waals surface area contributed by atoms with E-state index in [2.05, 4.69) is 6.07 Å². The number of aryl methyl sites for hydroxylation is 2. The first-order chi connectivity index (χ1) is 13.2. The minimum Gasteiger partial charge on any atom is -0.378 e. The van der Waals surface area contributed by atoms with Crippen molar-refractivity contribution in [3.05, 3.63) is 21.4 Å². The van der Waals surface area contributed by atoms with Crippen molar-refractivity contribution in [2.45, 2.75) is 51.4 Å². The lowest BCUT2D eigenvalue weighted by Gasteiger charge is -2.35. The molecular formula is C21H30N2O3S. The van der Waals surface area contributed by atoms with Crippen molar-refractivity contribution in [2.24, 2.45) is 5.92 Å². The second kappa shape index (κ2) is 8.74. The lowest BCUT2D eigenvalue weighted by Crippen LogP contribution is -2.47. The third-order valence-electron chi connectivity index (χ3n) is 6.16. The summed E-state index contributed by atoms with van der Waals surface area (Å²) in [4.78, 5) is 31.9. The lowest BCUT2D eigenvalue weighted by atomic mass is 9.95. The predicted molar refractivity (Wildman–Crippen MR) is 106 cm³/mol. The van der Waals surface area contributed by atoms with Crippen LogP contribution in [0.25, 0.3) is 0 Å². The summed E-state index contributed by atoms with van der Waals surface area (Å²) in [7, 11) is 0. The van der Waals surface area contributed by atoms with Crippen LogP contribution in [-0.4, -0.2) is 61.0 Å². The standard InChI is InChI=1S/C21H30N2O3S/c24-20(23-11-13-26-14-12-23)16-7-9-22(10-8-16)21(25)19-15-17-5-3-1-2-4-6-18(17)27-19/h15-16H,1-14H2. The van der Waals surface area contributed by atoms with Gasteiger partial charge in [-0.2, -0.15) is 0 Å². The zero-order chi connectivity index (χ0) is 18.6. The first kappa shape index (κ1) is 18.9. The average molecular weight is 391 g/mol. The molecule has 0 unspecified atom stereocenters. The number of ether oxygens (including phenoxy) is 1. The summed E-state index contributed by atoms with van der Waals surface area (Å²) in [6.07, 6.45) is 8.93. The van der Waals surface area contributed by atoms with Crippen molar-refractivity contribution in [1.29, 1.82) is 0 Å². The van der Waals surface area contributed by atoms with Crippen molar-refractivity contribution >= 4 is 23.2 Å². The molecule has 0 atom stereocenters. The Balaban J connectivity index is 1.34. The van der Waals surface area contributed by atoms with E-state index in [9.17, 15) is 9.59 Å². The van der Waals surface area contributed by atoms with Crippen LogP contribution in [0, 0.1) is 5.92 Å². The number of morpholine rings is 1. The van der Waals surface area contributed by atoms with Gasteiger partial charge in [-0.15, -0.1) is 11.3 Å². The number of nitrogens with zero attached hydrogens (tertiary/aromatic N) is 2. The molecule has 0 N–H and O–H groups in total. The zero-order valence-electron chi connectivity index (χ0n) is 16.1. The normalized spacial score (nSPS) is 22.1. The topological polar surface area (TPSA) is 49.9 Å². The summed E-state index contributed by atoms with van der Waals surface area (Å²) in [6.45, 7) is 4.10. The van der Waals surface area contributed by atoms with E-state index in [-0.39, 0.29) is 17.7 Å². The Hall–Kier alpha value is -1.40. The summed E-state index contributed by atoms with van der Waals surface area (Å²) < 4.78 is 5.34. The highest BCUT2D eigenvalue weighted by atomic mass is 32.1. The molecule has 148 valence electrons. The SMILES string of the molecule is O=C(c1cc2c(s1)CCCCCC2)N1CCC(C(=O)N2CCOCC2)CC1. The number of carbonyl (C=O) groups is 2. The molecule has 1 aromatic rings. The van der Waals surface area contributed by atoms with Crippen LogP contribution in [0.3, 0.4) is 0 Å². The first-order valence-electron chi connectivity index (χ1n) is 10.5. The van der Waals surface area contributed by atoms with Crippen molar-refractivity contribution < 1.29 is 14.3 Å². The van der Waals surface area contributed by atoms with Gasteiger partial charge < -0.3 is 14.5 Å². The second-order valence-corrected chi connectivity index (χ2v) is 9.11. The van der Waals surface area contributed by atoms with Crippen LogP contribution >= 0.6 is 11.3 Å². The maximum atomic E-state index is 13.0. The van der Waals surface area contributed by atoms with Gasteiger partial charge in [0.2, 0.25) is 5.91 Å². The second-order valence-electron chi connectivity index (χ2n) is 7.98. The van der Waals surface area contributed by atoms with E-state index >= 15 is 0 Å². The molecule has 3 heterocycles. The third kappa shape index (κ3) is 4.37. The largest absolute Gasteiger partial charge is 0.378 e. The molecule has 0 spiro atoms. The minimum atomic E-state index is 0.0655. The van der Waals surface area contributed by atoms with Crippen molar-refractivity contribution in [2.75, 3.05) is 39.4 Å². The number of thiophene rings is 1. The fourth-order valence-electron chi connectivity index (χ4n) is 4.48. The van der Waals surface area contributed by atoms with Crippen LogP contribution in [0.15, 0.2) is 6.07 Å². The molecule has 4 rings (SSSR count). The predicted octanol–water partition coefficient (Wildman–Crippen LogP) is 3.12. The van der Waals surface area contributed by atoms with E-state index in [1.807, 2.05) is 9.80 Å². The van der Waals surface area contributed by atoms with E-state index in [1.54, 1.807) is 11.3 Å². The number of hydrogen-bond donors (Lipinski definition) is 0. The fraction of sp³-hybridized carbons (Fsp3) is 0.714. The Labute approximate surface area is 165 Å². The van der Waals surface area contributed by atoms with Gasteiger partial charge in [-0.3, -0.25) is 9.59 Å². The number of hydrogen-bond acceptors (Lipinski definition) is 4. The Bertz CT molecular complexity index is 647. The maximum absolute atomic E-state index is 13.0. The highest BCUT2D eigenvalue weighted by Crippen LogP contribution is 2.30. The molecule has 5 nitrogen and oxygen atoms in total. The summed E-state index contributed by atoms with van der Waals surface area (Å²) >= 11 is 1.71. The van der Waals surface area contributed by atoms with E-state index in [0.717, 1.165) is 30.6 Å². The van der Waals surface area contributed by atoms with Crippen LogP contribution in [0.4, 0.5) is 0 Å². The summed E-state index contributed by atoms with van der Waals surface area (Å²) in [5.41, 5.74) is 1.40. The van der Waals surface area contributed by atoms with Gasteiger partial charge in [0, 0.05) is 37.0 Å².